The topological polar surface area (TPSA) is 68.4 Å². The van der Waals surface area contributed by atoms with E-state index in [2.05, 4.69) is 20.9 Å². The second-order valence-corrected chi connectivity index (χ2v) is 6.35. The van der Waals surface area contributed by atoms with E-state index in [0.717, 1.165) is 10.0 Å². The molecule has 5 nitrogen and oxygen atoms in total. The third-order valence-corrected chi connectivity index (χ3v) is 4.20. The molecule has 0 saturated carbocycles. The van der Waals surface area contributed by atoms with E-state index in [9.17, 15) is 9.59 Å². The lowest BCUT2D eigenvalue weighted by molar-refractivity contribution is 0.0522. The molecule has 0 aliphatic rings. The molecular formula is C18H20BrNO4. The van der Waals surface area contributed by atoms with Crippen LogP contribution in [0.3, 0.4) is 0 Å². The van der Waals surface area contributed by atoms with Crippen molar-refractivity contribution in [2.45, 2.75) is 27.7 Å². The minimum Gasteiger partial charge on any atom is -0.484 e. The Morgan fingerprint density at radius 3 is 2.42 bits per heavy atom. The highest BCUT2D eigenvalue weighted by Gasteiger charge is 2.25. The van der Waals surface area contributed by atoms with Gasteiger partial charge in [-0.3, -0.25) is 4.79 Å². The maximum atomic E-state index is 12.6. The zero-order valence-electron chi connectivity index (χ0n) is 14.2. The average Bonchev–Trinajstić information content (AvgIpc) is 2.80. The molecule has 6 heteroatoms. The summed E-state index contributed by atoms with van der Waals surface area (Å²) in [5.41, 5.74) is 2.94. The molecule has 0 aliphatic carbocycles. The molecule has 1 heterocycles. The molecule has 0 bridgehead atoms. The van der Waals surface area contributed by atoms with Crippen LogP contribution in [0.5, 0.6) is 5.75 Å². The van der Waals surface area contributed by atoms with Crippen LogP contribution in [-0.4, -0.2) is 30.0 Å². The van der Waals surface area contributed by atoms with E-state index < -0.39 is 5.97 Å². The van der Waals surface area contributed by atoms with Gasteiger partial charge in [-0.05, 0) is 61.3 Å². The van der Waals surface area contributed by atoms with Gasteiger partial charge in [0.1, 0.15) is 5.75 Å². The van der Waals surface area contributed by atoms with Gasteiger partial charge < -0.3 is 14.5 Å². The summed E-state index contributed by atoms with van der Waals surface area (Å²) in [6.07, 6.45) is 0. The number of carbonyl (C=O) groups excluding carboxylic acids is 2. The number of aromatic amines is 1. The van der Waals surface area contributed by atoms with Crippen LogP contribution in [0.1, 0.15) is 44.6 Å². The normalized spacial score (nSPS) is 10.5. The van der Waals surface area contributed by atoms with Gasteiger partial charge in [0.15, 0.2) is 6.61 Å². The minimum atomic E-state index is -0.501. The summed E-state index contributed by atoms with van der Waals surface area (Å²) in [6.45, 7) is 7.29. The summed E-state index contributed by atoms with van der Waals surface area (Å²) in [5, 5.41) is 0. The van der Waals surface area contributed by atoms with Gasteiger partial charge >= 0.3 is 5.97 Å². The molecule has 0 fully saturated rings. The molecule has 2 aromatic rings. The van der Waals surface area contributed by atoms with Crippen LogP contribution in [0, 0.1) is 20.8 Å². The van der Waals surface area contributed by atoms with Crippen molar-refractivity contribution in [1.82, 2.24) is 4.98 Å². The van der Waals surface area contributed by atoms with Crippen molar-refractivity contribution in [2.75, 3.05) is 13.2 Å². The number of hydrogen-bond acceptors (Lipinski definition) is 4. The Morgan fingerprint density at radius 2 is 1.79 bits per heavy atom. The van der Waals surface area contributed by atoms with Crippen molar-refractivity contribution >= 4 is 27.7 Å². The number of H-pyrrole nitrogens is 1. The largest absolute Gasteiger partial charge is 0.484 e. The van der Waals surface area contributed by atoms with E-state index in [1.165, 1.54) is 0 Å². The zero-order valence-corrected chi connectivity index (χ0v) is 15.7. The number of aryl methyl sites for hydroxylation is 3. The number of nitrogens with one attached hydrogen (secondary N) is 1. The quantitative estimate of drug-likeness (QED) is 0.591. The first-order valence-corrected chi connectivity index (χ1v) is 8.42. The number of ketones is 1. The summed E-state index contributed by atoms with van der Waals surface area (Å²) in [7, 11) is 0. The fourth-order valence-electron chi connectivity index (χ4n) is 2.53. The van der Waals surface area contributed by atoms with E-state index in [0.29, 0.717) is 22.7 Å². The molecule has 0 atom stereocenters. The number of halogens is 1. The number of carbonyl (C=O) groups is 2. The molecule has 0 amide bonds. The number of ether oxygens (including phenoxy) is 2. The number of esters is 1. The highest BCUT2D eigenvalue weighted by molar-refractivity contribution is 9.10. The number of aromatic nitrogens is 1. The van der Waals surface area contributed by atoms with Gasteiger partial charge in [0.05, 0.1) is 22.2 Å². The predicted octanol–water partition coefficient (Wildman–Crippen LogP) is 4.14. The van der Waals surface area contributed by atoms with Crippen LogP contribution < -0.4 is 4.74 Å². The molecule has 24 heavy (non-hydrogen) atoms. The van der Waals surface area contributed by atoms with E-state index in [1.54, 1.807) is 26.8 Å². The zero-order chi connectivity index (χ0) is 17.9. The third kappa shape index (κ3) is 3.87. The highest BCUT2D eigenvalue weighted by Crippen LogP contribution is 2.26. The van der Waals surface area contributed by atoms with Crippen molar-refractivity contribution in [2.24, 2.45) is 0 Å². The third-order valence-electron chi connectivity index (χ3n) is 3.58. The monoisotopic (exact) mass is 393 g/mol. The predicted molar refractivity (Wildman–Crippen MR) is 94.9 cm³/mol. The summed E-state index contributed by atoms with van der Waals surface area (Å²) < 4.78 is 11.4. The standard InChI is InChI=1S/C18H20BrNO4/c1-5-23-18(22)17-12(4)20-11(3)16(17)14(21)9-24-15-7-6-10(2)8-13(15)19/h6-8,20H,5,9H2,1-4H3. The molecule has 0 saturated heterocycles. The van der Waals surface area contributed by atoms with E-state index in [1.807, 2.05) is 19.1 Å². The van der Waals surface area contributed by atoms with Crippen LogP contribution in [0.15, 0.2) is 22.7 Å². The molecule has 0 spiro atoms. The smallest absolute Gasteiger partial charge is 0.340 e. The maximum absolute atomic E-state index is 12.6. The molecule has 0 aliphatic heterocycles. The fourth-order valence-corrected chi connectivity index (χ4v) is 3.13. The number of benzene rings is 1. The summed E-state index contributed by atoms with van der Waals surface area (Å²) in [6, 6.07) is 5.62. The molecule has 128 valence electrons. The Bertz CT molecular complexity index is 780. The lowest BCUT2D eigenvalue weighted by atomic mass is 10.1. The van der Waals surface area contributed by atoms with Gasteiger partial charge in [-0.25, -0.2) is 4.79 Å². The molecule has 1 aromatic carbocycles. The SMILES string of the molecule is CCOC(=O)c1c(C)[nH]c(C)c1C(=O)COc1ccc(C)cc1Br. The van der Waals surface area contributed by atoms with Crippen molar-refractivity contribution in [3.05, 3.63) is 50.8 Å². The van der Waals surface area contributed by atoms with Gasteiger partial charge in [-0.1, -0.05) is 6.07 Å². The lowest BCUT2D eigenvalue weighted by Gasteiger charge is -2.09. The molecule has 0 unspecified atom stereocenters. The maximum Gasteiger partial charge on any atom is 0.340 e. The van der Waals surface area contributed by atoms with Crippen LogP contribution in [0.2, 0.25) is 0 Å². The van der Waals surface area contributed by atoms with Crippen molar-refractivity contribution in [3.8, 4) is 5.75 Å². The Kier molecular flexibility index (Phi) is 5.83. The molecule has 1 aromatic heterocycles. The van der Waals surface area contributed by atoms with Crippen LogP contribution in [-0.2, 0) is 4.74 Å². The number of Topliss-reactive ketones (excluding diaryl/α,β-unsaturated/α-hetero) is 1. The Morgan fingerprint density at radius 1 is 1.12 bits per heavy atom. The fraction of sp³-hybridized carbons (Fsp3) is 0.333. The van der Waals surface area contributed by atoms with E-state index in [4.69, 9.17) is 9.47 Å². The van der Waals surface area contributed by atoms with E-state index in [-0.39, 0.29) is 24.6 Å². The van der Waals surface area contributed by atoms with Crippen LogP contribution in [0.25, 0.3) is 0 Å². The summed E-state index contributed by atoms with van der Waals surface area (Å²) >= 11 is 3.41. The second kappa shape index (κ2) is 7.66. The summed E-state index contributed by atoms with van der Waals surface area (Å²) in [5.74, 6) is -0.192. The Hall–Kier alpha value is -2.08. The highest BCUT2D eigenvalue weighted by atomic mass is 79.9. The molecular weight excluding hydrogens is 374 g/mol. The van der Waals surface area contributed by atoms with Crippen molar-refractivity contribution < 1.29 is 19.1 Å². The second-order valence-electron chi connectivity index (χ2n) is 5.49. The van der Waals surface area contributed by atoms with Gasteiger partial charge in [0.25, 0.3) is 0 Å². The molecule has 2 rings (SSSR count). The average molecular weight is 394 g/mol. The lowest BCUT2D eigenvalue weighted by Crippen LogP contribution is -2.17. The Labute approximate surface area is 149 Å². The molecule has 1 N–H and O–H groups in total. The summed E-state index contributed by atoms with van der Waals surface area (Å²) in [4.78, 5) is 27.7. The first-order chi connectivity index (χ1) is 11.3. The van der Waals surface area contributed by atoms with E-state index >= 15 is 0 Å². The van der Waals surface area contributed by atoms with Crippen molar-refractivity contribution in [1.29, 1.82) is 0 Å². The number of hydrogen-bond donors (Lipinski definition) is 1. The van der Waals surface area contributed by atoms with Gasteiger partial charge in [-0.15, -0.1) is 0 Å². The first-order valence-electron chi connectivity index (χ1n) is 7.63. The van der Waals surface area contributed by atoms with Crippen LogP contribution in [0.4, 0.5) is 0 Å². The van der Waals surface area contributed by atoms with Crippen molar-refractivity contribution in [3.63, 3.8) is 0 Å². The van der Waals surface area contributed by atoms with Gasteiger partial charge in [-0.2, -0.15) is 0 Å². The Balaban J connectivity index is 2.22. The van der Waals surface area contributed by atoms with Gasteiger partial charge in [0.2, 0.25) is 5.78 Å². The molecule has 0 radical (unpaired) electrons. The van der Waals surface area contributed by atoms with Crippen LogP contribution >= 0.6 is 15.9 Å². The first kappa shape index (κ1) is 18.3. The van der Waals surface area contributed by atoms with Gasteiger partial charge in [0, 0.05) is 11.4 Å². The number of rotatable bonds is 6. The minimum absolute atomic E-state index is 0.161.